The van der Waals surface area contributed by atoms with E-state index in [2.05, 4.69) is 16.7 Å². The van der Waals surface area contributed by atoms with Gasteiger partial charge in [-0.05, 0) is 31.2 Å². The first-order valence-corrected chi connectivity index (χ1v) is 12.0. The Balaban J connectivity index is 1.43. The second-order valence-electron chi connectivity index (χ2n) is 8.61. The zero-order valence-electron chi connectivity index (χ0n) is 18.9. The number of amidine groups is 1. The van der Waals surface area contributed by atoms with Gasteiger partial charge in [-0.3, -0.25) is 19.6 Å². The first-order valence-electron chi connectivity index (χ1n) is 11.6. The quantitative estimate of drug-likeness (QED) is 0.627. The molecule has 2 aromatic rings. The molecule has 5 rings (SSSR count). The molecule has 3 aliphatic heterocycles. The molecule has 1 amide bonds. The van der Waals surface area contributed by atoms with E-state index in [1.165, 1.54) is 12.8 Å². The summed E-state index contributed by atoms with van der Waals surface area (Å²) in [5.41, 5.74) is 3.92. The van der Waals surface area contributed by atoms with E-state index in [1.54, 1.807) is 4.90 Å². The third-order valence-electron chi connectivity index (χ3n) is 6.35. The third-order valence-corrected chi connectivity index (χ3v) is 6.59. The molecule has 0 aromatic heterocycles. The molecule has 3 heterocycles. The van der Waals surface area contributed by atoms with Crippen molar-refractivity contribution in [3.05, 3.63) is 76.6 Å². The van der Waals surface area contributed by atoms with Gasteiger partial charge in [0.2, 0.25) is 0 Å². The van der Waals surface area contributed by atoms with Crippen molar-refractivity contribution in [2.24, 2.45) is 9.98 Å². The first-order chi connectivity index (χ1) is 16.1. The number of benzene rings is 2. The number of amides is 1. The van der Waals surface area contributed by atoms with Gasteiger partial charge >= 0.3 is 0 Å². The number of anilines is 1. The minimum atomic E-state index is -0.105. The van der Waals surface area contributed by atoms with Gasteiger partial charge in [-0.1, -0.05) is 55.3 Å². The van der Waals surface area contributed by atoms with E-state index in [0.717, 1.165) is 55.2 Å². The smallest absolute Gasteiger partial charge is 0.284 e. The Morgan fingerprint density at radius 1 is 1.06 bits per heavy atom. The topological polar surface area (TPSA) is 51.5 Å². The molecule has 0 aliphatic carbocycles. The van der Waals surface area contributed by atoms with Gasteiger partial charge in [0.1, 0.15) is 11.5 Å². The second-order valence-corrected chi connectivity index (χ2v) is 9.04. The predicted octanol–water partition coefficient (Wildman–Crippen LogP) is 4.20. The molecule has 0 N–H and O–H groups in total. The first kappa shape index (κ1) is 21.9. The summed E-state index contributed by atoms with van der Waals surface area (Å²) in [6.45, 7) is 7.57. The summed E-state index contributed by atoms with van der Waals surface area (Å²) in [4.78, 5) is 29.5. The van der Waals surface area contributed by atoms with Crippen molar-refractivity contribution in [1.82, 2.24) is 9.80 Å². The van der Waals surface area contributed by atoms with Crippen LogP contribution in [0.5, 0.6) is 0 Å². The van der Waals surface area contributed by atoms with Gasteiger partial charge < -0.3 is 4.90 Å². The van der Waals surface area contributed by atoms with Gasteiger partial charge in [0.25, 0.3) is 5.91 Å². The van der Waals surface area contributed by atoms with Crippen molar-refractivity contribution in [3.63, 3.8) is 0 Å². The highest BCUT2D eigenvalue weighted by Gasteiger charge is 2.36. The van der Waals surface area contributed by atoms with Crippen LogP contribution in [0.15, 0.2) is 70.4 Å². The summed E-state index contributed by atoms with van der Waals surface area (Å²) < 4.78 is 0. The zero-order valence-corrected chi connectivity index (χ0v) is 19.6. The monoisotopic (exact) mass is 461 g/mol. The minimum absolute atomic E-state index is 0.105. The van der Waals surface area contributed by atoms with Gasteiger partial charge in [0.15, 0.2) is 0 Å². The lowest BCUT2D eigenvalue weighted by Crippen LogP contribution is -2.44. The van der Waals surface area contributed by atoms with Crippen LogP contribution in [0.25, 0.3) is 0 Å². The number of aliphatic imine (C=N–C) groups is 2. The van der Waals surface area contributed by atoms with Gasteiger partial charge in [0.05, 0.1) is 17.9 Å². The van der Waals surface area contributed by atoms with Crippen molar-refractivity contribution < 1.29 is 4.79 Å². The minimum Gasteiger partial charge on any atom is -0.373 e. The van der Waals surface area contributed by atoms with E-state index in [9.17, 15) is 4.79 Å². The fourth-order valence-electron chi connectivity index (χ4n) is 4.55. The second kappa shape index (κ2) is 9.49. The van der Waals surface area contributed by atoms with Crippen LogP contribution in [0.3, 0.4) is 0 Å². The van der Waals surface area contributed by atoms with Crippen LogP contribution < -0.4 is 4.90 Å². The number of carbonyl (C=O) groups excluding carboxylic acids is 1. The molecule has 0 unspecified atom stereocenters. The molecule has 33 heavy (non-hydrogen) atoms. The number of halogens is 1. The lowest BCUT2D eigenvalue weighted by atomic mass is 10.00. The number of rotatable bonds is 5. The molecule has 7 heteroatoms. The lowest BCUT2D eigenvalue weighted by molar-refractivity contribution is -0.114. The average molecular weight is 462 g/mol. The lowest BCUT2D eigenvalue weighted by Gasteiger charge is -2.34. The molecule has 6 nitrogen and oxygen atoms in total. The summed E-state index contributed by atoms with van der Waals surface area (Å²) in [5.74, 6) is 0.550. The maximum absolute atomic E-state index is 13.5. The van der Waals surface area contributed by atoms with Crippen LogP contribution in [0.1, 0.15) is 30.9 Å². The normalized spacial score (nSPS) is 19.8. The Morgan fingerprint density at radius 2 is 1.85 bits per heavy atom. The molecule has 0 radical (unpaired) electrons. The number of unbranched alkanes of at least 4 members (excludes halogenated alkanes) is 1. The summed E-state index contributed by atoms with van der Waals surface area (Å²) in [5, 5.41) is 0.612. The molecule has 0 spiro atoms. The van der Waals surface area contributed by atoms with Crippen molar-refractivity contribution in [3.8, 4) is 0 Å². The fourth-order valence-corrected chi connectivity index (χ4v) is 4.72. The van der Waals surface area contributed by atoms with Crippen LogP contribution in [-0.4, -0.2) is 66.5 Å². The predicted molar refractivity (Wildman–Crippen MR) is 134 cm³/mol. The van der Waals surface area contributed by atoms with E-state index >= 15 is 0 Å². The van der Waals surface area contributed by atoms with E-state index in [1.807, 2.05) is 54.7 Å². The van der Waals surface area contributed by atoms with Crippen molar-refractivity contribution in [2.75, 3.05) is 44.2 Å². The number of carbonyl (C=O) groups is 1. The molecule has 170 valence electrons. The van der Waals surface area contributed by atoms with E-state index in [0.29, 0.717) is 23.1 Å². The summed E-state index contributed by atoms with van der Waals surface area (Å²) in [6.07, 6.45) is 4.38. The molecule has 2 aromatic carbocycles. The zero-order chi connectivity index (χ0) is 22.8. The van der Waals surface area contributed by atoms with Crippen LogP contribution in [-0.2, 0) is 4.79 Å². The molecule has 0 atom stereocenters. The van der Waals surface area contributed by atoms with Crippen molar-refractivity contribution in [2.45, 2.75) is 19.8 Å². The van der Waals surface area contributed by atoms with Crippen LogP contribution in [0, 0.1) is 0 Å². The Labute approximate surface area is 199 Å². The Kier molecular flexibility index (Phi) is 6.29. The van der Waals surface area contributed by atoms with Crippen molar-refractivity contribution in [1.29, 1.82) is 0 Å². The average Bonchev–Trinajstić information content (AvgIpc) is 3.04. The number of piperazine rings is 1. The molecular weight excluding hydrogens is 434 g/mol. The van der Waals surface area contributed by atoms with E-state index in [4.69, 9.17) is 21.6 Å². The maximum atomic E-state index is 13.5. The highest BCUT2D eigenvalue weighted by Crippen LogP contribution is 2.33. The molecule has 1 saturated heterocycles. The third kappa shape index (κ3) is 4.45. The SMILES string of the molecule is CCCCN1CCN(/C=C2/N=C3CN=C(c4ccccc4)c4cc(Cl)ccc4N3C2=O)CC1. The largest absolute Gasteiger partial charge is 0.373 e. The van der Waals surface area contributed by atoms with Gasteiger partial charge in [-0.2, -0.15) is 0 Å². The highest BCUT2D eigenvalue weighted by molar-refractivity contribution is 6.34. The van der Waals surface area contributed by atoms with Crippen LogP contribution in [0.2, 0.25) is 5.02 Å². The Morgan fingerprint density at radius 3 is 2.61 bits per heavy atom. The van der Waals surface area contributed by atoms with Gasteiger partial charge in [-0.25, -0.2) is 4.99 Å². The van der Waals surface area contributed by atoms with E-state index < -0.39 is 0 Å². The summed E-state index contributed by atoms with van der Waals surface area (Å²) in [7, 11) is 0. The van der Waals surface area contributed by atoms with Crippen molar-refractivity contribution >= 4 is 34.7 Å². The van der Waals surface area contributed by atoms with Gasteiger partial charge in [0, 0.05) is 48.5 Å². The number of hydrogen-bond donors (Lipinski definition) is 0. The van der Waals surface area contributed by atoms with Crippen LogP contribution in [0.4, 0.5) is 5.69 Å². The number of fused-ring (bicyclic) bond motifs is 3. The number of hydrogen-bond acceptors (Lipinski definition) is 5. The molecule has 1 fully saturated rings. The standard InChI is InChI=1S/C26H28ClN5O/c1-2-3-11-30-12-14-31(15-13-30)18-22-26(33)32-23-10-9-20(27)16-21(23)25(28-17-24(32)29-22)19-7-5-4-6-8-19/h4-10,16,18H,2-3,11-15,17H2,1H3/b22-18+. The summed E-state index contributed by atoms with van der Waals surface area (Å²) in [6, 6.07) is 15.6. The number of nitrogens with zero attached hydrogens (tertiary/aromatic N) is 5. The maximum Gasteiger partial charge on any atom is 0.284 e. The molecule has 0 bridgehead atoms. The summed E-state index contributed by atoms with van der Waals surface area (Å²) >= 11 is 6.35. The van der Waals surface area contributed by atoms with Gasteiger partial charge in [-0.15, -0.1) is 0 Å². The Hall–Kier alpha value is -2.96. The highest BCUT2D eigenvalue weighted by atomic mass is 35.5. The van der Waals surface area contributed by atoms with Crippen LogP contribution >= 0.6 is 11.6 Å². The molecule has 0 saturated carbocycles. The van der Waals surface area contributed by atoms with E-state index in [-0.39, 0.29) is 5.91 Å². The Bertz CT molecular complexity index is 1130. The molecular formula is C26H28ClN5O. The fraction of sp³-hybridized carbons (Fsp3) is 0.346. The molecule has 3 aliphatic rings.